The molecule has 2 N–H and O–H groups in total. The monoisotopic (exact) mass is 233 g/mol. The first-order valence-corrected chi connectivity index (χ1v) is 6.70. The van der Waals surface area contributed by atoms with Crippen molar-refractivity contribution in [3.63, 3.8) is 0 Å². The minimum atomic E-state index is 0.224. The first-order valence-electron chi connectivity index (χ1n) is 6.70. The Labute approximate surface area is 104 Å². The fraction of sp³-hybridized carbons (Fsp3) is 0.600. The molecule has 2 rings (SSSR count). The summed E-state index contributed by atoms with van der Waals surface area (Å²) in [6, 6.07) is 10.6. The van der Waals surface area contributed by atoms with E-state index in [2.05, 4.69) is 19.1 Å². The molecule has 0 heterocycles. The largest absolute Gasteiger partial charge is 0.372 e. The third-order valence-electron chi connectivity index (χ3n) is 3.84. The first kappa shape index (κ1) is 12.6. The number of benzene rings is 1. The summed E-state index contributed by atoms with van der Waals surface area (Å²) < 4.78 is 5.99. The zero-order valence-corrected chi connectivity index (χ0v) is 10.6. The lowest BCUT2D eigenvalue weighted by Crippen LogP contribution is -2.41. The molecule has 0 aromatic heterocycles. The number of hydrogen-bond acceptors (Lipinski definition) is 2. The topological polar surface area (TPSA) is 35.2 Å². The van der Waals surface area contributed by atoms with Gasteiger partial charge in [-0.15, -0.1) is 0 Å². The standard InChI is InChI=1S/C15H23NO/c1-2-12-8-9-14(16)15(10-12)17-11-13-6-4-3-5-7-13/h3-7,12,14-15H,2,8-11,16H2,1H3. The van der Waals surface area contributed by atoms with E-state index in [4.69, 9.17) is 10.5 Å². The van der Waals surface area contributed by atoms with Crippen LogP contribution in [0.25, 0.3) is 0 Å². The molecule has 3 unspecified atom stereocenters. The van der Waals surface area contributed by atoms with Crippen molar-refractivity contribution in [2.75, 3.05) is 0 Å². The third-order valence-corrected chi connectivity index (χ3v) is 3.84. The van der Waals surface area contributed by atoms with Gasteiger partial charge < -0.3 is 10.5 Å². The van der Waals surface area contributed by atoms with Crippen LogP contribution in [0.5, 0.6) is 0 Å². The number of ether oxygens (including phenoxy) is 1. The van der Waals surface area contributed by atoms with Crippen LogP contribution in [-0.4, -0.2) is 12.1 Å². The molecule has 0 bridgehead atoms. The van der Waals surface area contributed by atoms with Gasteiger partial charge in [-0.05, 0) is 30.7 Å². The van der Waals surface area contributed by atoms with E-state index < -0.39 is 0 Å². The molecular weight excluding hydrogens is 210 g/mol. The van der Waals surface area contributed by atoms with Crippen LogP contribution in [0.4, 0.5) is 0 Å². The van der Waals surface area contributed by atoms with E-state index in [1.54, 1.807) is 0 Å². The molecule has 2 nitrogen and oxygen atoms in total. The Hall–Kier alpha value is -0.860. The summed E-state index contributed by atoms with van der Waals surface area (Å²) in [5.74, 6) is 0.801. The van der Waals surface area contributed by atoms with Crippen LogP contribution in [0.15, 0.2) is 30.3 Å². The van der Waals surface area contributed by atoms with Crippen molar-refractivity contribution in [1.29, 1.82) is 0 Å². The first-order chi connectivity index (χ1) is 8.29. The zero-order valence-electron chi connectivity index (χ0n) is 10.6. The Morgan fingerprint density at radius 1 is 1.24 bits per heavy atom. The second-order valence-corrected chi connectivity index (χ2v) is 5.09. The Bertz CT molecular complexity index is 325. The normalized spacial score (nSPS) is 29.2. The molecule has 0 saturated heterocycles. The van der Waals surface area contributed by atoms with Gasteiger partial charge in [0, 0.05) is 6.04 Å². The highest BCUT2D eigenvalue weighted by Crippen LogP contribution is 2.28. The lowest BCUT2D eigenvalue weighted by molar-refractivity contribution is -0.0110. The van der Waals surface area contributed by atoms with Gasteiger partial charge in [0.2, 0.25) is 0 Å². The Morgan fingerprint density at radius 3 is 2.71 bits per heavy atom. The Balaban J connectivity index is 1.85. The van der Waals surface area contributed by atoms with Crippen LogP contribution in [0.2, 0.25) is 0 Å². The molecule has 1 aromatic carbocycles. The van der Waals surface area contributed by atoms with Gasteiger partial charge in [-0.1, -0.05) is 43.7 Å². The molecule has 1 fully saturated rings. The fourth-order valence-electron chi connectivity index (χ4n) is 2.58. The molecule has 1 saturated carbocycles. The quantitative estimate of drug-likeness (QED) is 0.867. The Kier molecular flexibility index (Phi) is 4.57. The van der Waals surface area contributed by atoms with E-state index in [1.165, 1.54) is 18.4 Å². The predicted octanol–water partition coefficient (Wildman–Crippen LogP) is 3.11. The molecule has 1 aliphatic rings. The van der Waals surface area contributed by atoms with E-state index in [9.17, 15) is 0 Å². The summed E-state index contributed by atoms with van der Waals surface area (Å²) in [4.78, 5) is 0. The van der Waals surface area contributed by atoms with E-state index in [0.29, 0.717) is 6.61 Å². The molecular formula is C15H23NO. The van der Waals surface area contributed by atoms with Crippen molar-refractivity contribution >= 4 is 0 Å². The average Bonchev–Trinajstić information content (AvgIpc) is 2.39. The highest BCUT2D eigenvalue weighted by molar-refractivity contribution is 5.13. The fourth-order valence-corrected chi connectivity index (χ4v) is 2.58. The smallest absolute Gasteiger partial charge is 0.0733 e. The number of nitrogens with two attached hydrogens (primary N) is 1. The molecule has 0 spiro atoms. The van der Waals surface area contributed by atoms with Crippen molar-refractivity contribution in [3.8, 4) is 0 Å². The SMILES string of the molecule is CCC1CCC(N)C(OCc2ccccc2)C1. The van der Waals surface area contributed by atoms with Gasteiger partial charge in [0.15, 0.2) is 0 Å². The lowest BCUT2D eigenvalue weighted by Gasteiger charge is -2.33. The maximum absolute atomic E-state index is 6.14. The van der Waals surface area contributed by atoms with Gasteiger partial charge in [-0.25, -0.2) is 0 Å². The van der Waals surface area contributed by atoms with Crippen LogP contribution in [-0.2, 0) is 11.3 Å². The summed E-state index contributed by atoms with van der Waals surface area (Å²) in [5, 5.41) is 0. The zero-order chi connectivity index (χ0) is 12.1. The minimum absolute atomic E-state index is 0.224. The van der Waals surface area contributed by atoms with Gasteiger partial charge in [-0.2, -0.15) is 0 Å². The maximum Gasteiger partial charge on any atom is 0.0733 e. The molecule has 94 valence electrons. The van der Waals surface area contributed by atoms with Gasteiger partial charge in [0.05, 0.1) is 12.7 Å². The number of rotatable bonds is 4. The molecule has 0 amide bonds. The predicted molar refractivity (Wildman–Crippen MR) is 70.6 cm³/mol. The molecule has 2 heteroatoms. The molecule has 0 aliphatic heterocycles. The second-order valence-electron chi connectivity index (χ2n) is 5.09. The van der Waals surface area contributed by atoms with E-state index in [1.807, 2.05) is 18.2 Å². The summed E-state index contributed by atoms with van der Waals surface area (Å²) in [5.41, 5.74) is 7.37. The maximum atomic E-state index is 6.14. The van der Waals surface area contributed by atoms with Gasteiger partial charge in [-0.3, -0.25) is 0 Å². The summed E-state index contributed by atoms with van der Waals surface area (Å²) in [6.07, 6.45) is 5.00. The molecule has 1 aromatic rings. The van der Waals surface area contributed by atoms with Crippen LogP contribution < -0.4 is 5.73 Å². The third kappa shape index (κ3) is 3.55. The van der Waals surface area contributed by atoms with E-state index in [0.717, 1.165) is 18.8 Å². The van der Waals surface area contributed by atoms with Crippen molar-refractivity contribution < 1.29 is 4.74 Å². The van der Waals surface area contributed by atoms with Crippen LogP contribution in [0.1, 0.15) is 38.2 Å². The number of hydrogen-bond donors (Lipinski definition) is 1. The highest BCUT2D eigenvalue weighted by Gasteiger charge is 2.27. The molecule has 3 atom stereocenters. The van der Waals surface area contributed by atoms with E-state index >= 15 is 0 Å². The lowest BCUT2D eigenvalue weighted by atomic mass is 9.83. The second kappa shape index (κ2) is 6.18. The van der Waals surface area contributed by atoms with Crippen molar-refractivity contribution in [1.82, 2.24) is 0 Å². The van der Waals surface area contributed by atoms with Crippen molar-refractivity contribution in [2.24, 2.45) is 11.7 Å². The van der Waals surface area contributed by atoms with Gasteiger partial charge in [0.25, 0.3) is 0 Å². The van der Waals surface area contributed by atoms with Crippen molar-refractivity contribution in [3.05, 3.63) is 35.9 Å². The van der Waals surface area contributed by atoms with E-state index in [-0.39, 0.29) is 12.1 Å². The van der Waals surface area contributed by atoms with Crippen LogP contribution in [0, 0.1) is 5.92 Å². The van der Waals surface area contributed by atoms with Gasteiger partial charge in [0.1, 0.15) is 0 Å². The summed E-state index contributed by atoms with van der Waals surface area (Å²) in [6.45, 7) is 2.95. The van der Waals surface area contributed by atoms with Crippen LogP contribution >= 0.6 is 0 Å². The minimum Gasteiger partial charge on any atom is -0.372 e. The van der Waals surface area contributed by atoms with Crippen LogP contribution in [0.3, 0.4) is 0 Å². The Morgan fingerprint density at radius 2 is 2.00 bits per heavy atom. The average molecular weight is 233 g/mol. The molecule has 0 radical (unpaired) electrons. The molecule has 17 heavy (non-hydrogen) atoms. The van der Waals surface area contributed by atoms with Crippen molar-refractivity contribution in [2.45, 2.75) is 51.4 Å². The molecule has 1 aliphatic carbocycles. The summed E-state index contributed by atoms with van der Waals surface area (Å²) >= 11 is 0. The highest BCUT2D eigenvalue weighted by atomic mass is 16.5. The van der Waals surface area contributed by atoms with Gasteiger partial charge >= 0.3 is 0 Å². The summed E-state index contributed by atoms with van der Waals surface area (Å²) in [7, 11) is 0.